The van der Waals surface area contributed by atoms with Crippen LogP contribution in [0.2, 0.25) is 14.4 Å². The third-order valence-electron chi connectivity index (χ3n) is 17.9. The Labute approximate surface area is 656 Å². The maximum atomic E-state index is 14.8. The number of rotatable bonds is 27. The highest BCUT2D eigenvalue weighted by atomic mass is 79.9. The Morgan fingerprint density at radius 3 is 1.63 bits per heavy atom. The lowest BCUT2D eigenvalue weighted by atomic mass is 9.89. The van der Waals surface area contributed by atoms with E-state index in [9.17, 15) is 64.5 Å². The zero-order valence-corrected chi connectivity index (χ0v) is 65.7. The number of nitrogens with two attached hydrogens (primary N) is 3. The molecule has 0 amide bonds. The molecule has 3 aliphatic carbocycles. The first-order valence-electron chi connectivity index (χ1n) is 32.7. The van der Waals surface area contributed by atoms with Crippen molar-refractivity contribution in [2.75, 3.05) is 35.8 Å². The van der Waals surface area contributed by atoms with Crippen molar-refractivity contribution in [2.24, 2.45) is 33.2 Å². The smallest absolute Gasteiger partial charge is 0.333 e. The number of carbonyl (C=O) groups excluding carboxylic acids is 3. The summed E-state index contributed by atoms with van der Waals surface area (Å²) in [6.07, 6.45) is 5.30. The topological polar surface area (TPSA) is 454 Å². The van der Waals surface area contributed by atoms with Gasteiger partial charge in [-0.15, -0.1) is 34.0 Å². The van der Waals surface area contributed by atoms with Crippen molar-refractivity contribution in [3.63, 3.8) is 0 Å². The highest BCUT2D eigenvalue weighted by Gasteiger charge is 2.44. The molecular formula is C69H71BrCl3FN12O16S6. The van der Waals surface area contributed by atoms with E-state index in [1.165, 1.54) is 66.3 Å². The van der Waals surface area contributed by atoms with Gasteiger partial charge in [0.2, 0.25) is 17.3 Å². The van der Waals surface area contributed by atoms with Gasteiger partial charge in [-0.3, -0.25) is 26.9 Å². The largest absolute Gasteiger partial charge is 0.393 e. The normalized spacial score (nSPS) is 21.2. The fraction of sp³-hybridized carbons (Fsp3) is 0.319. The number of nitrogens with one attached hydrogen (secondary N) is 3. The number of alkyl halides is 1. The fourth-order valence-corrected chi connectivity index (χ4v) is 17.7. The van der Waals surface area contributed by atoms with Crippen molar-refractivity contribution in [1.82, 2.24) is 29.9 Å². The van der Waals surface area contributed by atoms with E-state index in [2.05, 4.69) is 80.9 Å². The quantitative estimate of drug-likeness (QED) is 0.0214. The number of thiophene rings is 3. The number of anilines is 3. The molecule has 9 aromatic rings. The predicted octanol–water partition coefficient (Wildman–Crippen LogP) is 9.51. The third-order valence-corrected chi connectivity index (χ3v) is 23.7. The fourth-order valence-electron chi connectivity index (χ4n) is 12.5. The summed E-state index contributed by atoms with van der Waals surface area (Å²) in [5, 5.41) is 68.8. The Hall–Kier alpha value is -7.12. The number of ketones is 3. The second-order valence-electron chi connectivity index (χ2n) is 25.7. The minimum Gasteiger partial charge on any atom is -0.393 e. The van der Waals surface area contributed by atoms with Crippen LogP contribution in [0, 0.1) is 24.7 Å². The summed E-state index contributed by atoms with van der Waals surface area (Å²) in [5.74, 6) is -1.97. The SMILES string of the molecule is C=C(c1cccc(Cl)c1)c1cc(C(=O)c2cncnc2N[C@@H]2C[C@H](COS(N)(=O)=O)[C@@H](O)C2)sc1C.CC(O)(c1cccc(Cl)c1)c1cc(C(=O)c2cncnc2N[C@@H]2C[C@H](COS(N)(=O)=O)[C@@H](O)C2)sc1Cl.NS(=O)(=O)OC[C@H]1C[C@@H](Nc2ncncc2C(=O)c2cc(Cc3cccc(Br)c3)cs2)[C@@H](F)[C@@H]1O. The number of aliphatic hydroxyl groups is 4. The second-order valence-corrected chi connectivity index (χ2v) is 35.0. The van der Waals surface area contributed by atoms with E-state index in [1.54, 1.807) is 37.3 Å². The van der Waals surface area contributed by atoms with E-state index >= 15 is 0 Å². The molecule has 0 saturated heterocycles. The first-order valence-corrected chi connectivity index (χ1v) is 41.5. The van der Waals surface area contributed by atoms with Gasteiger partial charge >= 0.3 is 30.9 Å². The summed E-state index contributed by atoms with van der Waals surface area (Å²) in [6, 6.07) is 25.7. The highest BCUT2D eigenvalue weighted by molar-refractivity contribution is 9.10. The van der Waals surface area contributed by atoms with Crippen LogP contribution >= 0.6 is 84.7 Å². The maximum Gasteiger partial charge on any atom is 0.333 e. The first-order chi connectivity index (χ1) is 51.0. The lowest BCUT2D eigenvalue weighted by molar-refractivity contribution is 0.0501. The molecule has 12 rings (SSSR count). The average Bonchev–Trinajstić information content (AvgIpc) is 1.65. The molecule has 0 bridgehead atoms. The van der Waals surface area contributed by atoms with Crippen LogP contribution in [0.3, 0.4) is 0 Å². The lowest BCUT2D eigenvalue weighted by Gasteiger charge is -2.23. The molecule has 3 aromatic carbocycles. The maximum absolute atomic E-state index is 14.8. The van der Waals surface area contributed by atoms with Gasteiger partial charge in [0.25, 0.3) is 0 Å². The highest BCUT2D eigenvalue weighted by Crippen LogP contribution is 2.42. The summed E-state index contributed by atoms with van der Waals surface area (Å²) in [6.45, 7) is 6.76. The Morgan fingerprint density at radius 1 is 0.620 bits per heavy atom. The van der Waals surface area contributed by atoms with Crippen molar-refractivity contribution < 1.29 is 77.0 Å². The van der Waals surface area contributed by atoms with Crippen LogP contribution in [0.15, 0.2) is 145 Å². The summed E-state index contributed by atoms with van der Waals surface area (Å²) < 4.78 is 96.1. The number of carbonyl (C=O) groups is 3. The molecule has 1 unspecified atom stereocenters. The van der Waals surface area contributed by atoms with Crippen LogP contribution in [-0.4, -0.2) is 155 Å². The van der Waals surface area contributed by atoms with Crippen molar-refractivity contribution in [2.45, 2.75) is 101 Å². The predicted molar refractivity (Wildman–Crippen MR) is 412 cm³/mol. The molecule has 6 aromatic heterocycles. The Kier molecular flexibility index (Phi) is 27.7. The number of halogens is 5. The number of hydrogen-bond acceptors (Lipinski definition) is 28. The van der Waals surface area contributed by atoms with Crippen molar-refractivity contribution in [3.05, 3.63) is 229 Å². The number of aliphatic hydroxyl groups excluding tert-OH is 3. The summed E-state index contributed by atoms with van der Waals surface area (Å²) in [7, 11) is -12.4. The second kappa shape index (κ2) is 35.9. The van der Waals surface area contributed by atoms with Crippen molar-refractivity contribution >= 4 is 156 Å². The number of hydrogen-bond donors (Lipinski definition) is 10. The standard InChI is InChI=1S/C24H25ClN4O5S2.C23H24Cl2N4O6S2.C22H22BrFN4O5S2/c1-13(15-4-3-5-17(25)6-15)19-9-22(35-14(19)2)23(31)20-10-27-12-28-24(20)29-18-7-16(21(30)8-18)11-34-36(26,32)33;1-23(32,13-3-2-4-14(24)6-13)17-8-19(36-21(17)25)20(31)16-9-27-11-28-22(16)29-15-5-12(18(30)7-15)10-35-37(26,33)34;23-15-3-1-2-12(5-15)4-13-6-18(34-10-13)21(30)16-8-26-11-27-22(16)28-17-7-14(20(29)19(17)24)9-33-35(25,31)32/h3-6,9-10,12,16,18,21,30H,1,7-8,11H2,2H3,(H2,26,32,33)(H,27,28,29);2-4,6,8-9,11-12,15,18,30,32H,5,7,10H2,1H3,(H2,26,33,34)(H,27,28,29);1-3,5-6,8,10-11,14,17,19-20,29H,4,7,9H2,(H2,25,31,32)(H,26,27,28)/t16-,18-,21+;12-,15-,18+,23?;14-,17-,19-,20-/m111/s1. The van der Waals surface area contributed by atoms with E-state index in [0.717, 1.165) is 48.5 Å². The third kappa shape index (κ3) is 22.1. The van der Waals surface area contributed by atoms with E-state index in [1.807, 2.05) is 66.9 Å². The summed E-state index contributed by atoms with van der Waals surface area (Å²) >= 11 is 25.8. The first kappa shape index (κ1) is 83.4. The van der Waals surface area contributed by atoms with Gasteiger partial charge in [0.15, 0.2) is 0 Å². The van der Waals surface area contributed by atoms with E-state index in [-0.39, 0.29) is 87.2 Å². The Balaban J connectivity index is 0.000000173. The molecule has 13 N–H and O–H groups in total. The van der Waals surface area contributed by atoms with Gasteiger partial charge in [0.1, 0.15) is 48.2 Å². The molecule has 3 fully saturated rings. The van der Waals surface area contributed by atoms with Gasteiger partial charge in [-0.25, -0.2) is 49.7 Å². The zero-order chi connectivity index (χ0) is 78.2. The Bertz CT molecular complexity index is 5150. The molecular weight excluding hydrogens is 1650 g/mol. The average molecular weight is 1720 g/mol. The Morgan fingerprint density at radius 2 is 1.11 bits per heavy atom. The van der Waals surface area contributed by atoms with Gasteiger partial charge in [-0.1, -0.05) is 93.7 Å². The molecule has 108 heavy (non-hydrogen) atoms. The minimum absolute atomic E-state index is 0.0469. The monoisotopic (exact) mass is 1720 g/mol. The van der Waals surface area contributed by atoms with Crippen LogP contribution in [-0.2, 0) is 55.5 Å². The zero-order valence-electron chi connectivity index (χ0n) is 57.0. The van der Waals surface area contributed by atoms with Crippen LogP contribution in [0.1, 0.15) is 123 Å². The minimum atomic E-state index is -4.22. The van der Waals surface area contributed by atoms with Gasteiger partial charge in [0.05, 0.1) is 79.8 Å². The molecule has 6 heterocycles. The van der Waals surface area contributed by atoms with E-state index in [0.29, 0.717) is 62.4 Å². The molecule has 0 spiro atoms. The van der Waals surface area contributed by atoms with Crippen LogP contribution in [0.5, 0.6) is 0 Å². The van der Waals surface area contributed by atoms with Crippen LogP contribution < -0.4 is 31.4 Å². The molecule has 11 atom stereocenters. The van der Waals surface area contributed by atoms with E-state index in [4.69, 9.17) is 50.2 Å². The number of benzene rings is 3. The molecule has 0 aliphatic heterocycles. The molecule has 39 heteroatoms. The lowest BCUT2D eigenvalue weighted by Crippen LogP contribution is -2.33. The van der Waals surface area contributed by atoms with Crippen LogP contribution in [0.25, 0.3) is 5.57 Å². The van der Waals surface area contributed by atoms with Gasteiger partial charge in [0, 0.05) is 73.4 Å². The summed E-state index contributed by atoms with van der Waals surface area (Å²) in [5.41, 5.74) is 4.55. The van der Waals surface area contributed by atoms with Gasteiger partial charge < -0.3 is 36.4 Å². The molecule has 574 valence electrons. The van der Waals surface area contributed by atoms with Crippen molar-refractivity contribution in [1.29, 1.82) is 0 Å². The van der Waals surface area contributed by atoms with Crippen LogP contribution in [0.4, 0.5) is 21.8 Å². The number of aryl methyl sites for hydroxylation is 1. The molecule has 3 saturated carbocycles. The molecule has 28 nitrogen and oxygen atoms in total. The van der Waals surface area contributed by atoms with Crippen molar-refractivity contribution in [3.8, 4) is 0 Å². The number of nitrogens with zero attached hydrogens (tertiary/aromatic N) is 6. The van der Waals surface area contributed by atoms with Gasteiger partial charge in [-0.05, 0) is 146 Å². The van der Waals surface area contributed by atoms with E-state index < -0.39 is 97.2 Å². The summed E-state index contributed by atoms with van der Waals surface area (Å²) in [4.78, 5) is 66.8. The van der Waals surface area contributed by atoms with Gasteiger partial charge in [-0.2, -0.15) is 25.3 Å². The number of aromatic nitrogens is 6. The molecule has 0 radical (unpaired) electrons. The molecule has 3 aliphatic rings.